The van der Waals surface area contributed by atoms with Gasteiger partial charge in [-0.05, 0) is 75.0 Å². The Morgan fingerprint density at radius 3 is 2.86 bits per heavy atom. The van der Waals surface area contributed by atoms with Crippen molar-refractivity contribution in [3.8, 4) is 11.8 Å². The van der Waals surface area contributed by atoms with E-state index < -0.39 is 23.1 Å². The molecule has 1 aromatic heterocycles. The first-order valence-electron chi connectivity index (χ1n) is 15.1. The molecule has 7 heterocycles. The third kappa shape index (κ3) is 3.86. The Morgan fingerprint density at radius 2 is 2.05 bits per heavy atom. The van der Waals surface area contributed by atoms with Gasteiger partial charge in [-0.1, -0.05) is 0 Å². The van der Waals surface area contributed by atoms with E-state index >= 15 is 4.39 Å². The van der Waals surface area contributed by atoms with E-state index in [4.69, 9.17) is 19.2 Å². The van der Waals surface area contributed by atoms with Crippen LogP contribution in [-0.2, 0) is 9.53 Å². The fourth-order valence-corrected chi connectivity index (χ4v) is 9.12. The van der Waals surface area contributed by atoms with Crippen LogP contribution in [0.2, 0.25) is 0 Å². The number of piperazine rings is 1. The van der Waals surface area contributed by atoms with Crippen molar-refractivity contribution in [3.05, 3.63) is 16.4 Å². The van der Waals surface area contributed by atoms with Crippen molar-refractivity contribution >= 4 is 38.6 Å². The zero-order valence-corrected chi connectivity index (χ0v) is 25.8. The summed E-state index contributed by atoms with van der Waals surface area (Å²) in [7, 11) is 0. The van der Waals surface area contributed by atoms with Gasteiger partial charge in [0, 0.05) is 44.1 Å². The van der Waals surface area contributed by atoms with Crippen LogP contribution in [0.5, 0.6) is 11.8 Å². The molecule has 12 heteroatoms. The van der Waals surface area contributed by atoms with Crippen LogP contribution in [0.1, 0.15) is 59.3 Å². The molecule has 9 nitrogen and oxygen atoms in total. The predicted octanol–water partition coefficient (Wildman–Crippen LogP) is 4.38. The Kier molecular flexibility index (Phi) is 5.91. The van der Waals surface area contributed by atoms with Gasteiger partial charge in [0.15, 0.2) is 5.82 Å². The number of carbonyl (C=O) groups is 1. The minimum Gasteiger partial charge on any atom is -0.493 e. The Morgan fingerprint density at radius 1 is 1.21 bits per heavy atom. The third-order valence-corrected chi connectivity index (χ3v) is 10.9. The van der Waals surface area contributed by atoms with Gasteiger partial charge >= 0.3 is 12.0 Å². The van der Waals surface area contributed by atoms with E-state index in [1.54, 1.807) is 6.07 Å². The van der Waals surface area contributed by atoms with Gasteiger partial charge in [0.05, 0.1) is 22.0 Å². The van der Waals surface area contributed by atoms with Crippen LogP contribution in [0.25, 0.3) is 10.9 Å². The number of nitrogens with zero attached hydrogens (tertiary/aromatic N) is 5. The van der Waals surface area contributed by atoms with Gasteiger partial charge in [-0.2, -0.15) is 9.97 Å². The number of aromatic nitrogens is 2. The second-order valence-corrected chi connectivity index (χ2v) is 14.9. The number of carbonyl (C=O) groups excluding carboxylic acids is 1. The normalized spacial score (nSPS) is 35.2. The van der Waals surface area contributed by atoms with E-state index in [-0.39, 0.29) is 52.2 Å². The van der Waals surface area contributed by atoms with Gasteiger partial charge in [0.1, 0.15) is 41.0 Å². The molecule has 5 fully saturated rings. The van der Waals surface area contributed by atoms with Gasteiger partial charge in [-0.3, -0.25) is 14.6 Å². The lowest BCUT2D eigenvalue weighted by Gasteiger charge is -2.74. The van der Waals surface area contributed by atoms with Crippen LogP contribution >= 0.6 is 15.9 Å². The molecule has 0 amide bonds. The number of anilines is 1. The predicted molar refractivity (Wildman–Crippen MR) is 154 cm³/mol. The van der Waals surface area contributed by atoms with E-state index in [0.29, 0.717) is 49.5 Å². The number of esters is 1. The van der Waals surface area contributed by atoms with Gasteiger partial charge in [-0.15, -0.1) is 0 Å². The summed E-state index contributed by atoms with van der Waals surface area (Å²) in [6.45, 7) is 8.35. The maximum Gasteiger partial charge on any atom is 0.327 e. The van der Waals surface area contributed by atoms with Gasteiger partial charge < -0.3 is 19.1 Å². The lowest BCUT2D eigenvalue weighted by molar-refractivity contribution is -0.240. The lowest BCUT2D eigenvalue weighted by Crippen LogP contribution is -2.89. The molecule has 8 rings (SSSR count). The third-order valence-electron chi connectivity index (χ3n) is 10.4. The van der Waals surface area contributed by atoms with E-state index in [2.05, 4.69) is 35.6 Å². The number of hydrogen-bond donors (Lipinski definition) is 0. The number of halogens is 3. The first-order chi connectivity index (χ1) is 20.0. The summed E-state index contributed by atoms with van der Waals surface area (Å²) >= 11 is 3.34. The monoisotopic (exact) mass is 647 g/mol. The Bertz CT molecular complexity index is 1490. The van der Waals surface area contributed by atoms with Crippen molar-refractivity contribution < 1.29 is 27.8 Å². The Balaban J connectivity index is 1.15. The quantitative estimate of drug-likeness (QED) is 0.449. The Hall–Kier alpha value is -2.31. The molecule has 0 saturated carbocycles. The van der Waals surface area contributed by atoms with Crippen molar-refractivity contribution in [1.82, 2.24) is 19.8 Å². The summed E-state index contributed by atoms with van der Waals surface area (Å²) in [5, 5.41) is 0.531. The topological polar surface area (TPSA) is 80.3 Å². The molecule has 42 heavy (non-hydrogen) atoms. The summed E-state index contributed by atoms with van der Waals surface area (Å²) < 4.78 is 48.6. The lowest BCUT2D eigenvalue weighted by atomic mass is 9.60. The average molecular weight is 649 g/mol. The maximum atomic E-state index is 15.7. The summed E-state index contributed by atoms with van der Waals surface area (Å²) in [5.74, 6) is 0.488. The SMILES string of the molecule is CC(C)(C)OC(=O)C12C[C@@H]3CN4c5nc(OC[C@@]67CCCN6C[C@H](F)C7)nc6c(F)c(Br)cc(c56)OCC[C@@H]4[C@H](C1)N32. The molecule has 6 aliphatic heterocycles. The molecule has 226 valence electrons. The maximum absolute atomic E-state index is 15.7. The summed E-state index contributed by atoms with van der Waals surface area (Å²) in [4.78, 5) is 29.5. The largest absolute Gasteiger partial charge is 0.493 e. The molecule has 2 aromatic rings. The Labute approximate surface area is 252 Å². The van der Waals surface area contributed by atoms with Crippen LogP contribution < -0.4 is 14.4 Å². The van der Waals surface area contributed by atoms with Crippen molar-refractivity contribution in [2.75, 3.05) is 37.7 Å². The average Bonchev–Trinajstić information content (AvgIpc) is 3.41. The molecule has 6 atom stereocenters. The molecule has 0 aliphatic carbocycles. The summed E-state index contributed by atoms with van der Waals surface area (Å²) in [6, 6.07) is 2.06. The first-order valence-corrected chi connectivity index (χ1v) is 15.9. The van der Waals surface area contributed by atoms with Crippen molar-refractivity contribution in [2.24, 2.45) is 0 Å². The van der Waals surface area contributed by atoms with Crippen LogP contribution in [0.3, 0.4) is 0 Å². The van der Waals surface area contributed by atoms with E-state index in [0.717, 1.165) is 32.2 Å². The molecule has 5 saturated heterocycles. The highest BCUT2D eigenvalue weighted by Crippen LogP contribution is 2.58. The second-order valence-electron chi connectivity index (χ2n) is 14.0. The minimum atomic E-state index is -0.872. The molecular formula is C30H36BrF2N5O4. The second kappa shape index (κ2) is 9.11. The molecular weight excluding hydrogens is 612 g/mol. The molecule has 0 spiro atoms. The van der Waals surface area contributed by atoms with E-state index in [9.17, 15) is 9.18 Å². The highest BCUT2D eigenvalue weighted by atomic mass is 79.9. The number of benzene rings is 1. The molecule has 1 aromatic carbocycles. The van der Waals surface area contributed by atoms with Crippen molar-refractivity contribution in [2.45, 2.75) is 100 Å². The highest BCUT2D eigenvalue weighted by molar-refractivity contribution is 9.10. The number of alkyl halides is 1. The number of fused-ring (bicyclic) bond motifs is 4. The zero-order valence-electron chi connectivity index (χ0n) is 24.2. The molecule has 1 unspecified atom stereocenters. The fourth-order valence-electron chi connectivity index (χ4n) is 8.72. The molecule has 6 aliphatic rings. The van der Waals surface area contributed by atoms with E-state index in [1.165, 1.54) is 0 Å². The standard InChI is InChI=1S/C30H36BrF2N5O4/c1-28(2,3)42-26(39)30-11-17-14-37-19(20(12-30)38(17)30)5-8-40-21-9-18(31)23(33)24-22(21)25(37)35-27(34-24)41-15-29-6-4-7-36(29)13-16(32)10-29/h9,16-17,19-20H,4-8,10-15H2,1-3H3/t16-,17-,19-,20+,29+,30?/m1/s1. The minimum absolute atomic E-state index is 0.0222. The number of ether oxygens (including phenoxy) is 3. The number of piperidine rings is 1. The first kappa shape index (κ1) is 27.3. The molecule has 0 radical (unpaired) electrons. The smallest absolute Gasteiger partial charge is 0.327 e. The van der Waals surface area contributed by atoms with Crippen LogP contribution in [-0.4, -0.2) is 99.6 Å². The number of hydrogen-bond acceptors (Lipinski definition) is 9. The van der Waals surface area contributed by atoms with Crippen LogP contribution in [0.4, 0.5) is 14.6 Å². The van der Waals surface area contributed by atoms with E-state index in [1.807, 2.05) is 20.8 Å². The van der Waals surface area contributed by atoms with Gasteiger partial charge in [-0.25, -0.2) is 8.78 Å². The fraction of sp³-hybridized carbons (Fsp3) is 0.700. The van der Waals surface area contributed by atoms with Crippen LogP contribution in [0, 0.1) is 5.82 Å². The van der Waals surface area contributed by atoms with Gasteiger partial charge in [0.25, 0.3) is 0 Å². The van der Waals surface area contributed by atoms with Crippen molar-refractivity contribution in [1.29, 1.82) is 0 Å². The zero-order chi connectivity index (χ0) is 29.2. The summed E-state index contributed by atoms with van der Waals surface area (Å²) in [5.41, 5.74) is -1.32. The van der Waals surface area contributed by atoms with Crippen LogP contribution in [0.15, 0.2) is 10.5 Å². The molecule has 0 N–H and O–H groups in total. The number of rotatable bonds is 4. The highest BCUT2D eigenvalue weighted by Gasteiger charge is 2.72. The van der Waals surface area contributed by atoms with Gasteiger partial charge in [0.2, 0.25) is 0 Å². The summed E-state index contributed by atoms with van der Waals surface area (Å²) in [6.07, 6.45) is 3.58. The van der Waals surface area contributed by atoms with Crippen molar-refractivity contribution in [3.63, 3.8) is 0 Å². The molecule has 0 bridgehead atoms.